The van der Waals surface area contributed by atoms with E-state index in [9.17, 15) is 18.8 Å². The van der Waals surface area contributed by atoms with Crippen LogP contribution in [0.1, 0.15) is 39.0 Å². The highest BCUT2D eigenvalue weighted by Crippen LogP contribution is 2.52. The molecule has 1 fully saturated rings. The molecule has 0 saturated carbocycles. The molecule has 1 saturated heterocycles. The maximum atomic E-state index is 14.6. The van der Waals surface area contributed by atoms with E-state index in [4.69, 9.17) is 32.7 Å². The molecule has 10 heteroatoms. The van der Waals surface area contributed by atoms with Crippen molar-refractivity contribution < 1.29 is 28.2 Å². The number of carbonyl (C=O) groups is 3. The summed E-state index contributed by atoms with van der Waals surface area (Å²) in [5.74, 6) is -2.37. The van der Waals surface area contributed by atoms with E-state index in [1.165, 1.54) is 31.3 Å². The van der Waals surface area contributed by atoms with Gasteiger partial charge in [0, 0.05) is 18.0 Å². The first-order chi connectivity index (χ1) is 21.2. The van der Waals surface area contributed by atoms with Crippen molar-refractivity contribution in [2.24, 2.45) is 5.92 Å². The predicted molar refractivity (Wildman–Crippen MR) is 165 cm³/mol. The lowest BCUT2D eigenvalue weighted by Gasteiger charge is -2.30. The van der Waals surface area contributed by atoms with Gasteiger partial charge in [0.05, 0.1) is 36.2 Å². The molecule has 0 bridgehead atoms. The lowest BCUT2D eigenvalue weighted by Crippen LogP contribution is -2.48. The Bertz CT molecular complexity index is 1650. The highest BCUT2D eigenvalue weighted by Gasteiger charge is 2.58. The molecule has 1 N–H and O–H groups in total. The summed E-state index contributed by atoms with van der Waals surface area (Å²) < 4.78 is 24.0. The van der Waals surface area contributed by atoms with Crippen molar-refractivity contribution in [1.29, 1.82) is 0 Å². The number of amides is 2. The lowest BCUT2D eigenvalue weighted by atomic mass is 9.76. The van der Waals surface area contributed by atoms with E-state index in [0.29, 0.717) is 33.0 Å². The fourth-order valence-electron chi connectivity index (χ4n) is 5.81. The second-order valence-electron chi connectivity index (χ2n) is 10.3. The van der Waals surface area contributed by atoms with Crippen LogP contribution >= 0.6 is 23.2 Å². The molecule has 2 amide bonds. The number of benzene rings is 4. The van der Waals surface area contributed by atoms with E-state index in [1.54, 1.807) is 54.6 Å². The molecule has 4 aromatic carbocycles. The summed E-state index contributed by atoms with van der Waals surface area (Å²) in [7, 11) is 2.75. The smallest absolute Gasteiger partial charge is 0.410 e. The number of Topliss-reactive ketones (excluding diaryl/α,β-unsaturated/α-hetero) is 1. The molecule has 0 aliphatic carbocycles. The maximum absolute atomic E-state index is 14.6. The molecule has 0 aromatic heterocycles. The molecule has 4 aromatic rings. The molecule has 0 radical (unpaired) electrons. The number of carbonyl (C=O) groups excluding carboxylic acids is 3. The van der Waals surface area contributed by atoms with Gasteiger partial charge in [-0.3, -0.25) is 14.5 Å². The number of hydrogen-bond acceptors (Lipinski definition) is 5. The van der Waals surface area contributed by atoms with E-state index < -0.39 is 41.7 Å². The number of ketones is 1. The summed E-state index contributed by atoms with van der Waals surface area (Å²) in [4.78, 5) is 43.7. The first kappa shape index (κ1) is 31.0. The molecule has 1 aliphatic rings. The zero-order valence-electron chi connectivity index (χ0n) is 23.9. The summed E-state index contributed by atoms with van der Waals surface area (Å²) in [6.07, 6.45) is -0.797. The van der Waals surface area contributed by atoms with Gasteiger partial charge < -0.3 is 14.8 Å². The van der Waals surface area contributed by atoms with Crippen LogP contribution in [0.3, 0.4) is 0 Å². The van der Waals surface area contributed by atoms with Gasteiger partial charge in [-0.2, -0.15) is 0 Å². The van der Waals surface area contributed by atoms with Gasteiger partial charge in [0.1, 0.15) is 17.6 Å². The van der Waals surface area contributed by atoms with E-state index in [1.807, 2.05) is 30.3 Å². The topological polar surface area (TPSA) is 84.9 Å². The number of halogens is 3. The average Bonchev–Trinajstić information content (AvgIpc) is 3.41. The Morgan fingerprint density at radius 2 is 1.52 bits per heavy atom. The number of nitrogens with one attached hydrogen (secondary N) is 1. The van der Waals surface area contributed by atoms with Crippen LogP contribution in [0.15, 0.2) is 97.1 Å². The van der Waals surface area contributed by atoms with Gasteiger partial charge in [-0.1, -0.05) is 71.7 Å². The number of rotatable bonds is 8. The van der Waals surface area contributed by atoms with Gasteiger partial charge >= 0.3 is 6.09 Å². The van der Waals surface area contributed by atoms with Gasteiger partial charge in [-0.05, 0) is 65.2 Å². The third-order valence-electron chi connectivity index (χ3n) is 7.85. The van der Waals surface area contributed by atoms with Crippen molar-refractivity contribution in [2.45, 2.75) is 24.5 Å². The molecule has 4 atom stereocenters. The van der Waals surface area contributed by atoms with Gasteiger partial charge in [-0.15, -0.1) is 0 Å². The largest absolute Gasteiger partial charge is 0.497 e. The summed E-state index contributed by atoms with van der Waals surface area (Å²) in [6.45, 7) is 0.0701. The van der Waals surface area contributed by atoms with Gasteiger partial charge in [0.25, 0.3) is 0 Å². The summed E-state index contributed by atoms with van der Waals surface area (Å²) in [6, 6.07) is 24.2. The van der Waals surface area contributed by atoms with Crippen molar-refractivity contribution >= 4 is 41.0 Å². The third kappa shape index (κ3) is 6.27. The Balaban J connectivity index is 1.68. The van der Waals surface area contributed by atoms with Crippen LogP contribution in [0.4, 0.5) is 9.18 Å². The summed E-state index contributed by atoms with van der Waals surface area (Å²) in [5.41, 5.74) is 2.22. The fourth-order valence-corrected chi connectivity index (χ4v) is 6.12. The van der Waals surface area contributed by atoms with Crippen LogP contribution < -0.4 is 10.1 Å². The van der Waals surface area contributed by atoms with Crippen LogP contribution in [-0.2, 0) is 16.1 Å². The molecule has 5 rings (SSSR count). The monoisotopic (exact) mass is 634 g/mol. The maximum Gasteiger partial charge on any atom is 0.410 e. The number of hydrogen-bond donors (Lipinski definition) is 1. The standard InChI is InChI=1S/C34H29Cl2FN2O5/c1-43-25-15-10-22(11-16-25)32(40)29-28(21-6-4-3-5-7-21)31(33(41)38-19-20-8-13-24(37)14-9-20)39(34(42)44-2)30(29)23-12-17-26(35)27(36)18-23/h3-18,28-31H,19H2,1-2H3,(H,38,41). The molecule has 4 unspecified atom stereocenters. The fraction of sp³-hybridized carbons (Fsp3) is 0.206. The number of ether oxygens (including phenoxy) is 2. The first-order valence-corrected chi connectivity index (χ1v) is 14.6. The second-order valence-corrected chi connectivity index (χ2v) is 11.2. The van der Waals surface area contributed by atoms with Crippen molar-refractivity contribution in [1.82, 2.24) is 10.2 Å². The lowest BCUT2D eigenvalue weighted by molar-refractivity contribution is -0.126. The minimum atomic E-state index is -1.17. The van der Waals surface area contributed by atoms with Crippen molar-refractivity contribution in [3.8, 4) is 5.75 Å². The minimum absolute atomic E-state index is 0.0701. The van der Waals surface area contributed by atoms with Crippen molar-refractivity contribution in [3.05, 3.63) is 135 Å². The van der Waals surface area contributed by atoms with Gasteiger partial charge in [0.2, 0.25) is 5.91 Å². The Morgan fingerprint density at radius 3 is 2.14 bits per heavy atom. The molecule has 1 heterocycles. The molecule has 226 valence electrons. The second kappa shape index (κ2) is 13.5. The molecule has 7 nitrogen and oxygen atoms in total. The Labute approximate surface area is 264 Å². The van der Waals surface area contributed by atoms with Crippen molar-refractivity contribution in [2.75, 3.05) is 14.2 Å². The zero-order valence-corrected chi connectivity index (χ0v) is 25.4. The quantitative estimate of drug-likeness (QED) is 0.207. The highest BCUT2D eigenvalue weighted by atomic mass is 35.5. The Hall–Kier alpha value is -4.40. The molecule has 44 heavy (non-hydrogen) atoms. The molecular formula is C34H29Cl2FN2O5. The summed E-state index contributed by atoms with van der Waals surface area (Å²) >= 11 is 12.7. The van der Waals surface area contributed by atoms with Crippen LogP contribution in [-0.4, -0.2) is 42.9 Å². The normalized spacial score (nSPS) is 19.3. The van der Waals surface area contributed by atoms with E-state index >= 15 is 0 Å². The van der Waals surface area contributed by atoms with E-state index in [0.717, 1.165) is 0 Å². The predicted octanol–water partition coefficient (Wildman–Crippen LogP) is 7.23. The Kier molecular flexibility index (Phi) is 9.52. The summed E-state index contributed by atoms with van der Waals surface area (Å²) in [5, 5.41) is 3.41. The Morgan fingerprint density at radius 1 is 0.841 bits per heavy atom. The zero-order chi connectivity index (χ0) is 31.4. The highest BCUT2D eigenvalue weighted by molar-refractivity contribution is 6.42. The van der Waals surface area contributed by atoms with E-state index in [-0.39, 0.29) is 17.4 Å². The van der Waals surface area contributed by atoms with Crippen molar-refractivity contribution in [3.63, 3.8) is 0 Å². The molecular weight excluding hydrogens is 606 g/mol. The number of nitrogens with zero attached hydrogens (tertiary/aromatic N) is 1. The van der Waals surface area contributed by atoms with Crippen LogP contribution in [0.25, 0.3) is 0 Å². The van der Waals surface area contributed by atoms with Gasteiger partial charge in [0.15, 0.2) is 5.78 Å². The van der Waals surface area contributed by atoms with Crippen LogP contribution in [0, 0.1) is 11.7 Å². The third-order valence-corrected chi connectivity index (χ3v) is 8.59. The van der Waals surface area contributed by atoms with Gasteiger partial charge in [-0.25, -0.2) is 9.18 Å². The minimum Gasteiger partial charge on any atom is -0.497 e. The van der Waals surface area contributed by atoms with Crippen LogP contribution in [0.2, 0.25) is 10.0 Å². The first-order valence-electron chi connectivity index (χ1n) is 13.8. The SMILES string of the molecule is COC(=O)N1C(C(=O)NCc2ccc(F)cc2)C(c2ccccc2)C(C(=O)c2ccc(OC)cc2)C1c1ccc(Cl)c(Cl)c1. The number of likely N-dealkylation sites (tertiary alicyclic amines) is 1. The van der Waals surface area contributed by atoms with E-state index in [2.05, 4.69) is 5.32 Å². The molecule has 0 spiro atoms. The molecule has 1 aliphatic heterocycles. The number of methoxy groups -OCH3 is 2. The average molecular weight is 636 g/mol. The van der Waals surface area contributed by atoms with Crippen LogP contribution in [0.5, 0.6) is 5.75 Å².